The third kappa shape index (κ3) is 2.96. The van der Waals surface area contributed by atoms with Gasteiger partial charge in [0.25, 0.3) is 5.91 Å². The van der Waals surface area contributed by atoms with Crippen LogP contribution in [0.5, 0.6) is 0 Å². The number of hydrogen-bond donors (Lipinski definition) is 1. The van der Waals surface area contributed by atoms with Gasteiger partial charge in [-0.3, -0.25) is 9.69 Å². The van der Waals surface area contributed by atoms with Gasteiger partial charge in [-0.15, -0.1) is 0 Å². The Hall–Kier alpha value is -2.96. The van der Waals surface area contributed by atoms with Gasteiger partial charge in [0.2, 0.25) is 0 Å². The number of rotatable bonds is 3. The summed E-state index contributed by atoms with van der Waals surface area (Å²) in [5.74, 6) is -0.675. The van der Waals surface area contributed by atoms with Crippen molar-refractivity contribution in [1.29, 1.82) is 0 Å². The Bertz CT molecular complexity index is 1020. The summed E-state index contributed by atoms with van der Waals surface area (Å²) >= 11 is 0. The lowest BCUT2D eigenvalue weighted by molar-refractivity contribution is -0.134. The number of urea groups is 1. The Labute approximate surface area is 169 Å². The van der Waals surface area contributed by atoms with Gasteiger partial charge in [0.1, 0.15) is 5.54 Å². The molecule has 1 aromatic heterocycles. The Balaban J connectivity index is 1.77. The van der Waals surface area contributed by atoms with Crippen molar-refractivity contribution in [3.63, 3.8) is 0 Å². The molecule has 2 atom stereocenters. The van der Waals surface area contributed by atoms with E-state index in [-0.39, 0.29) is 18.4 Å². The number of amides is 3. The molecule has 2 aromatic rings. The zero-order valence-electron chi connectivity index (χ0n) is 16.9. The molecule has 7 heteroatoms. The third-order valence-electron chi connectivity index (χ3n) is 6.43. The normalized spacial score (nSPS) is 24.2. The van der Waals surface area contributed by atoms with Gasteiger partial charge in [0.15, 0.2) is 0 Å². The van der Waals surface area contributed by atoms with E-state index >= 15 is 0 Å². The topological polar surface area (TPSA) is 88.6 Å². The van der Waals surface area contributed by atoms with Crippen LogP contribution in [0.25, 0.3) is 10.9 Å². The van der Waals surface area contributed by atoms with Gasteiger partial charge in [-0.2, -0.15) is 0 Å². The number of carbonyl (C=O) groups excluding carboxylic acids is 3. The average molecular weight is 395 g/mol. The van der Waals surface area contributed by atoms with Crippen LogP contribution in [0.15, 0.2) is 24.3 Å². The quantitative estimate of drug-likeness (QED) is 0.636. The number of nitrogens with zero attached hydrogens (tertiary/aromatic N) is 2. The van der Waals surface area contributed by atoms with Crippen molar-refractivity contribution in [2.45, 2.75) is 51.6 Å². The maximum absolute atomic E-state index is 13.3. The van der Waals surface area contributed by atoms with Gasteiger partial charge < -0.3 is 10.1 Å². The van der Waals surface area contributed by atoms with Crippen LogP contribution in [0.2, 0.25) is 0 Å². The number of nitrogens with one attached hydrogen (secondary N) is 1. The van der Waals surface area contributed by atoms with Crippen molar-refractivity contribution in [3.05, 3.63) is 41.1 Å². The van der Waals surface area contributed by atoms with Crippen molar-refractivity contribution >= 4 is 28.8 Å². The summed E-state index contributed by atoms with van der Waals surface area (Å²) in [6.07, 6.45) is 3.51. The number of hydrogen-bond acceptors (Lipinski definition) is 5. The number of imide groups is 1. The monoisotopic (exact) mass is 395 g/mol. The number of methoxy groups -OCH3 is 1. The minimum atomic E-state index is -0.841. The number of fused-ring (bicyclic) bond motifs is 1. The van der Waals surface area contributed by atoms with Crippen LogP contribution in [0, 0.1) is 12.8 Å². The van der Waals surface area contributed by atoms with Crippen molar-refractivity contribution in [2.75, 3.05) is 7.11 Å². The molecule has 7 nitrogen and oxygen atoms in total. The summed E-state index contributed by atoms with van der Waals surface area (Å²) in [5, 5.41) is 3.79. The number of aromatic nitrogens is 1. The van der Waals surface area contributed by atoms with Crippen LogP contribution < -0.4 is 5.32 Å². The van der Waals surface area contributed by atoms with E-state index in [1.807, 2.05) is 38.1 Å². The van der Waals surface area contributed by atoms with Crippen LogP contribution in [0.1, 0.15) is 54.2 Å². The number of aryl methyl sites for hydroxylation is 1. The van der Waals surface area contributed by atoms with Crippen LogP contribution in [-0.2, 0) is 16.1 Å². The molecule has 3 amide bonds. The SMILES string of the molecule is COC(=O)c1c(CN2C(=O)N[C@]3(CCCC[C@H]3C)C2=O)nc2ccccc2c1C. The highest BCUT2D eigenvalue weighted by molar-refractivity contribution is 6.07. The van der Waals surface area contributed by atoms with E-state index in [1.54, 1.807) is 0 Å². The molecule has 1 saturated heterocycles. The van der Waals surface area contributed by atoms with E-state index in [4.69, 9.17) is 4.74 Å². The number of para-hydroxylation sites is 1. The number of pyridine rings is 1. The fourth-order valence-corrected chi connectivity index (χ4v) is 4.72. The first-order valence-corrected chi connectivity index (χ1v) is 9.99. The van der Waals surface area contributed by atoms with Gasteiger partial charge in [-0.1, -0.05) is 38.0 Å². The minimum Gasteiger partial charge on any atom is -0.465 e. The molecule has 1 saturated carbocycles. The molecule has 1 aromatic carbocycles. The third-order valence-corrected chi connectivity index (χ3v) is 6.43. The van der Waals surface area contributed by atoms with Crippen LogP contribution in [-0.4, -0.2) is 40.4 Å². The Morgan fingerprint density at radius 2 is 2.07 bits per heavy atom. The molecule has 1 spiro atoms. The van der Waals surface area contributed by atoms with E-state index in [9.17, 15) is 14.4 Å². The molecule has 0 bridgehead atoms. The predicted octanol–water partition coefficient (Wildman–Crippen LogP) is 3.33. The second-order valence-corrected chi connectivity index (χ2v) is 8.01. The molecule has 1 aliphatic carbocycles. The Kier molecular flexibility index (Phi) is 4.76. The molecule has 4 rings (SSSR count). The average Bonchev–Trinajstić information content (AvgIpc) is 2.95. The highest BCUT2D eigenvalue weighted by Gasteiger charge is 2.55. The molecular weight excluding hydrogens is 370 g/mol. The summed E-state index contributed by atoms with van der Waals surface area (Å²) < 4.78 is 4.97. The maximum atomic E-state index is 13.3. The fraction of sp³-hybridized carbons (Fsp3) is 0.455. The fourth-order valence-electron chi connectivity index (χ4n) is 4.72. The standard InChI is InChI=1S/C22H25N3O4/c1-13-8-6-7-11-22(13)20(27)25(21(28)24-22)12-17-18(19(26)29-3)14(2)15-9-4-5-10-16(15)23-17/h4-5,9-10,13H,6-8,11-12H2,1-3H3,(H,24,28)/t13-,22+/m1/s1. The van der Waals surface area contributed by atoms with Crippen LogP contribution >= 0.6 is 0 Å². The molecule has 29 heavy (non-hydrogen) atoms. The van der Waals surface area contributed by atoms with Gasteiger partial charge in [0.05, 0.1) is 30.4 Å². The van der Waals surface area contributed by atoms with Gasteiger partial charge in [-0.25, -0.2) is 14.6 Å². The lowest BCUT2D eigenvalue weighted by Gasteiger charge is -2.36. The molecule has 0 radical (unpaired) electrons. The second kappa shape index (κ2) is 7.13. The van der Waals surface area contributed by atoms with E-state index in [0.717, 1.165) is 30.2 Å². The minimum absolute atomic E-state index is 0.0603. The van der Waals surface area contributed by atoms with Crippen molar-refractivity contribution in [2.24, 2.45) is 5.92 Å². The van der Waals surface area contributed by atoms with Crippen molar-refractivity contribution in [3.8, 4) is 0 Å². The zero-order valence-corrected chi connectivity index (χ0v) is 16.9. The lowest BCUT2D eigenvalue weighted by Crippen LogP contribution is -2.53. The van der Waals surface area contributed by atoms with Crippen molar-refractivity contribution in [1.82, 2.24) is 15.2 Å². The summed E-state index contributed by atoms with van der Waals surface area (Å²) in [7, 11) is 1.31. The van der Waals surface area contributed by atoms with E-state index < -0.39 is 17.5 Å². The molecule has 2 fully saturated rings. The van der Waals surface area contributed by atoms with E-state index in [2.05, 4.69) is 10.3 Å². The van der Waals surface area contributed by atoms with E-state index in [1.165, 1.54) is 12.0 Å². The Morgan fingerprint density at radius 1 is 1.31 bits per heavy atom. The Morgan fingerprint density at radius 3 is 2.79 bits per heavy atom. The highest BCUT2D eigenvalue weighted by Crippen LogP contribution is 2.39. The first-order valence-electron chi connectivity index (χ1n) is 9.99. The highest BCUT2D eigenvalue weighted by atomic mass is 16.5. The first-order chi connectivity index (χ1) is 13.9. The van der Waals surface area contributed by atoms with Gasteiger partial charge in [0, 0.05) is 5.39 Å². The van der Waals surface area contributed by atoms with Crippen molar-refractivity contribution < 1.29 is 19.1 Å². The first kappa shape index (κ1) is 19.4. The molecule has 1 aliphatic heterocycles. The molecular formula is C22H25N3O4. The summed E-state index contributed by atoms with van der Waals surface area (Å²) in [5.41, 5.74) is 1.28. The molecule has 0 unspecified atom stereocenters. The molecule has 152 valence electrons. The van der Waals surface area contributed by atoms with Crippen LogP contribution in [0.3, 0.4) is 0 Å². The molecule has 1 N–H and O–H groups in total. The second-order valence-electron chi connectivity index (χ2n) is 8.01. The van der Waals surface area contributed by atoms with E-state index in [0.29, 0.717) is 23.2 Å². The number of carbonyl (C=O) groups is 3. The van der Waals surface area contributed by atoms with Crippen LogP contribution in [0.4, 0.5) is 4.79 Å². The maximum Gasteiger partial charge on any atom is 0.340 e. The molecule has 2 heterocycles. The zero-order chi connectivity index (χ0) is 20.8. The largest absolute Gasteiger partial charge is 0.465 e. The summed E-state index contributed by atoms with van der Waals surface area (Å²) in [6, 6.07) is 7.06. The lowest BCUT2D eigenvalue weighted by atomic mass is 9.73. The van der Waals surface area contributed by atoms with Gasteiger partial charge >= 0.3 is 12.0 Å². The summed E-state index contributed by atoms with van der Waals surface area (Å²) in [6.45, 7) is 3.78. The smallest absolute Gasteiger partial charge is 0.340 e. The predicted molar refractivity (Wildman–Crippen MR) is 107 cm³/mol. The number of benzene rings is 1. The number of esters is 1. The molecule has 2 aliphatic rings. The number of ether oxygens (including phenoxy) is 1. The summed E-state index contributed by atoms with van der Waals surface area (Å²) in [4.78, 5) is 44.4. The van der Waals surface area contributed by atoms with Gasteiger partial charge in [-0.05, 0) is 37.3 Å².